The lowest BCUT2D eigenvalue weighted by atomic mass is 9.78. The quantitative estimate of drug-likeness (QED) is 0.858. The van der Waals surface area contributed by atoms with Gasteiger partial charge in [-0.25, -0.2) is 0 Å². The van der Waals surface area contributed by atoms with Crippen LogP contribution in [0.3, 0.4) is 0 Å². The van der Waals surface area contributed by atoms with E-state index in [1.54, 1.807) is 18.2 Å². The molecule has 3 heteroatoms. The minimum atomic E-state index is -0.0822. The summed E-state index contributed by atoms with van der Waals surface area (Å²) in [5, 5.41) is 12.8. The van der Waals surface area contributed by atoms with E-state index in [1.807, 2.05) is 6.92 Å². The summed E-state index contributed by atoms with van der Waals surface area (Å²) < 4.78 is 0. The van der Waals surface area contributed by atoms with Crippen LogP contribution in [0.2, 0.25) is 0 Å². The van der Waals surface area contributed by atoms with Crippen molar-refractivity contribution < 1.29 is 9.90 Å². The molecule has 104 valence electrons. The van der Waals surface area contributed by atoms with Crippen molar-refractivity contribution in [2.45, 2.75) is 46.1 Å². The fourth-order valence-corrected chi connectivity index (χ4v) is 2.79. The highest BCUT2D eigenvalue weighted by molar-refractivity contribution is 5.94. The third kappa shape index (κ3) is 3.09. The van der Waals surface area contributed by atoms with Crippen LogP contribution < -0.4 is 5.32 Å². The molecule has 1 fully saturated rings. The van der Waals surface area contributed by atoms with Crippen LogP contribution in [0.25, 0.3) is 0 Å². The molecule has 2 N–H and O–H groups in total. The molecule has 0 heterocycles. The Morgan fingerprint density at radius 3 is 2.74 bits per heavy atom. The first-order chi connectivity index (χ1) is 8.99. The Morgan fingerprint density at radius 1 is 1.32 bits per heavy atom. The van der Waals surface area contributed by atoms with Gasteiger partial charge in [0.25, 0.3) is 5.91 Å². The summed E-state index contributed by atoms with van der Waals surface area (Å²) in [5.74, 6) is 1.26. The zero-order valence-corrected chi connectivity index (χ0v) is 11.9. The van der Waals surface area contributed by atoms with Gasteiger partial charge < -0.3 is 10.4 Å². The topological polar surface area (TPSA) is 49.3 Å². The second-order valence-electron chi connectivity index (χ2n) is 5.85. The van der Waals surface area contributed by atoms with Crippen molar-refractivity contribution in [3.63, 3.8) is 0 Å². The van der Waals surface area contributed by atoms with Crippen LogP contribution in [0, 0.1) is 18.8 Å². The van der Waals surface area contributed by atoms with Crippen molar-refractivity contribution in [2.75, 3.05) is 0 Å². The van der Waals surface area contributed by atoms with E-state index in [0.29, 0.717) is 17.4 Å². The smallest absolute Gasteiger partial charge is 0.251 e. The molecule has 1 saturated carbocycles. The molecule has 3 atom stereocenters. The zero-order valence-electron chi connectivity index (χ0n) is 11.9. The summed E-state index contributed by atoms with van der Waals surface area (Å²) in [4.78, 5) is 12.2. The molecule has 1 aromatic rings. The van der Waals surface area contributed by atoms with E-state index in [4.69, 9.17) is 0 Å². The van der Waals surface area contributed by atoms with Crippen molar-refractivity contribution in [2.24, 2.45) is 11.8 Å². The monoisotopic (exact) mass is 261 g/mol. The van der Waals surface area contributed by atoms with Crippen molar-refractivity contribution in [1.29, 1.82) is 0 Å². The number of carbonyl (C=O) groups excluding carboxylic acids is 1. The number of hydrogen-bond donors (Lipinski definition) is 2. The van der Waals surface area contributed by atoms with Gasteiger partial charge in [0.15, 0.2) is 0 Å². The van der Waals surface area contributed by atoms with Crippen molar-refractivity contribution >= 4 is 5.91 Å². The number of aryl methyl sites for hydroxylation is 1. The van der Waals surface area contributed by atoms with Gasteiger partial charge in [-0.1, -0.05) is 32.8 Å². The molecule has 1 aliphatic rings. The molecule has 0 bridgehead atoms. The highest BCUT2D eigenvalue weighted by Crippen LogP contribution is 2.29. The van der Waals surface area contributed by atoms with Gasteiger partial charge in [0.1, 0.15) is 5.75 Å². The number of aromatic hydroxyl groups is 1. The second-order valence-corrected chi connectivity index (χ2v) is 5.85. The molecular weight excluding hydrogens is 238 g/mol. The number of benzene rings is 1. The molecular formula is C16H23NO2. The number of nitrogens with one attached hydrogen (secondary N) is 1. The summed E-state index contributed by atoms with van der Waals surface area (Å²) >= 11 is 0. The lowest BCUT2D eigenvalue weighted by molar-refractivity contribution is 0.0890. The van der Waals surface area contributed by atoms with Gasteiger partial charge in [0.2, 0.25) is 0 Å². The Balaban J connectivity index is 2.06. The van der Waals surface area contributed by atoms with E-state index >= 15 is 0 Å². The van der Waals surface area contributed by atoms with Gasteiger partial charge in [-0.3, -0.25) is 4.79 Å². The van der Waals surface area contributed by atoms with Crippen molar-refractivity contribution in [3.8, 4) is 5.75 Å². The highest BCUT2D eigenvalue weighted by Gasteiger charge is 2.28. The molecule has 2 rings (SSSR count). The molecule has 19 heavy (non-hydrogen) atoms. The largest absolute Gasteiger partial charge is 0.508 e. The van der Waals surface area contributed by atoms with E-state index in [2.05, 4.69) is 19.2 Å². The Kier molecular flexibility index (Phi) is 4.13. The summed E-state index contributed by atoms with van der Waals surface area (Å²) in [7, 11) is 0. The fourth-order valence-electron chi connectivity index (χ4n) is 2.79. The average molecular weight is 261 g/mol. The molecule has 0 radical (unpaired) electrons. The van der Waals surface area contributed by atoms with Gasteiger partial charge in [-0.2, -0.15) is 0 Å². The number of carbonyl (C=O) groups is 1. The molecule has 3 unspecified atom stereocenters. The zero-order chi connectivity index (χ0) is 14.0. The maximum Gasteiger partial charge on any atom is 0.251 e. The maximum absolute atomic E-state index is 12.2. The molecule has 3 nitrogen and oxygen atoms in total. The lowest BCUT2D eigenvalue weighted by Crippen LogP contribution is -2.43. The number of rotatable bonds is 2. The van der Waals surface area contributed by atoms with Gasteiger partial charge in [-0.05, 0) is 42.9 Å². The first kappa shape index (κ1) is 13.9. The summed E-state index contributed by atoms with van der Waals surface area (Å²) in [6.45, 7) is 6.28. The average Bonchev–Trinajstić information content (AvgIpc) is 2.38. The van der Waals surface area contributed by atoms with Gasteiger partial charge >= 0.3 is 0 Å². The van der Waals surface area contributed by atoms with Crippen LogP contribution in [0.1, 0.15) is 49.0 Å². The van der Waals surface area contributed by atoms with E-state index in [1.165, 1.54) is 12.8 Å². The number of amides is 1. The molecule has 0 saturated heterocycles. The molecule has 0 aromatic heterocycles. The Hall–Kier alpha value is -1.51. The molecule has 0 aliphatic heterocycles. The van der Waals surface area contributed by atoms with E-state index in [-0.39, 0.29) is 17.7 Å². The fraction of sp³-hybridized carbons (Fsp3) is 0.562. The number of phenols is 1. The maximum atomic E-state index is 12.2. The Labute approximate surface area is 115 Å². The molecule has 0 spiro atoms. The first-order valence-corrected chi connectivity index (χ1v) is 7.09. The highest BCUT2D eigenvalue weighted by atomic mass is 16.3. The van der Waals surface area contributed by atoms with Crippen LogP contribution >= 0.6 is 0 Å². The predicted molar refractivity (Wildman–Crippen MR) is 76.3 cm³/mol. The number of phenolic OH excluding ortho intramolecular Hbond substituents is 1. The van der Waals surface area contributed by atoms with Gasteiger partial charge in [0, 0.05) is 11.6 Å². The van der Waals surface area contributed by atoms with Crippen LogP contribution in [0.15, 0.2) is 18.2 Å². The first-order valence-electron chi connectivity index (χ1n) is 7.09. The predicted octanol–water partition coefficient (Wildman–Crippen LogP) is 3.26. The standard InChI is InChI=1S/C16H23NO2/c1-10-5-4-6-14(12(10)3)17-16(19)13-8-7-11(2)15(18)9-13/h7-10,12,14,18H,4-6H2,1-3H3,(H,17,19). The Bertz CT molecular complexity index is 470. The minimum Gasteiger partial charge on any atom is -0.508 e. The molecule has 1 aliphatic carbocycles. The van der Waals surface area contributed by atoms with E-state index < -0.39 is 0 Å². The SMILES string of the molecule is Cc1ccc(C(=O)NC2CCCC(C)C2C)cc1O. The third-order valence-electron chi connectivity index (χ3n) is 4.49. The molecule has 1 amide bonds. The third-order valence-corrected chi connectivity index (χ3v) is 4.49. The summed E-state index contributed by atoms with van der Waals surface area (Å²) in [5.41, 5.74) is 1.32. The minimum absolute atomic E-state index is 0.0822. The van der Waals surface area contributed by atoms with Gasteiger partial charge in [-0.15, -0.1) is 0 Å². The van der Waals surface area contributed by atoms with Crippen LogP contribution in [-0.2, 0) is 0 Å². The number of hydrogen-bond acceptors (Lipinski definition) is 2. The van der Waals surface area contributed by atoms with Crippen LogP contribution in [-0.4, -0.2) is 17.1 Å². The summed E-state index contributed by atoms with van der Waals surface area (Å²) in [6.07, 6.45) is 3.48. The normalized spacial score (nSPS) is 27.0. The van der Waals surface area contributed by atoms with E-state index in [0.717, 1.165) is 12.0 Å². The lowest BCUT2D eigenvalue weighted by Gasteiger charge is -2.34. The summed E-state index contributed by atoms with van der Waals surface area (Å²) in [6, 6.07) is 5.33. The second kappa shape index (κ2) is 5.64. The van der Waals surface area contributed by atoms with Crippen LogP contribution in [0.5, 0.6) is 5.75 Å². The van der Waals surface area contributed by atoms with Crippen LogP contribution in [0.4, 0.5) is 0 Å². The van der Waals surface area contributed by atoms with Crippen molar-refractivity contribution in [3.05, 3.63) is 29.3 Å². The Morgan fingerprint density at radius 2 is 2.05 bits per heavy atom. The van der Waals surface area contributed by atoms with Crippen molar-refractivity contribution in [1.82, 2.24) is 5.32 Å². The van der Waals surface area contributed by atoms with Gasteiger partial charge in [0.05, 0.1) is 0 Å². The van der Waals surface area contributed by atoms with E-state index in [9.17, 15) is 9.90 Å². The molecule has 1 aromatic carbocycles.